The number of aromatic amines is 1. The summed E-state index contributed by atoms with van der Waals surface area (Å²) in [6, 6.07) is 17.8. The van der Waals surface area contributed by atoms with E-state index < -0.39 is 0 Å². The van der Waals surface area contributed by atoms with E-state index in [4.69, 9.17) is 4.74 Å². The number of hydrogen-bond donors (Lipinski definition) is 1. The number of benzene rings is 2. The summed E-state index contributed by atoms with van der Waals surface area (Å²) in [4.78, 5) is 24.4. The van der Waals surface area contributed by atoms with Crippen molar-refractivity contribution in [3.05, 3.63) is 72.6 Å². The van der Waals surface area contributed by atoms with Gasteiger partial charge in [0.05, 0.1) is 7.11 Å². The SMILES string of the molecule is COc1ccccc1-c1c[nH]c2ncc(-c3ccc(C(=O)N(C)CCN(C)C)cc3)cc12. The molecule has 6 nitrogen and oxygen atoms in total. The van der Waals surface area contributed by atoms with E-state index in [1.807, 2.05) is 82.1 Å². The summed E-state index contributed by atoms with van der Waals surface area (Å²) in [6.07, 6.45) is 3.81. The standard InChI is InChI=1S/C26H28N4O2/c1-29(2)13-14-30(3)26(31)19-11-9-18(10-12-19)20-15-22-23(17-28-25(22)27-16-20)21-7-5-6-8-24(21)32-4/h5-12,15-17H,13-14H2,1-4H3,(H,27,28). The molecule has 2 heterocycles. The highest BCUT2D eigenvalue weighted by Gasteiger charge is 2.14. The number of fused-ring (bicyclic) bond motifs is 1. The highest BCUT2D eigenvalue weighted by molar-refractivity contribution is 5.98. The Hall–Kier alpha value is -3.64. The molecule has 2 aromatic heterocycles. The van der Waals surface area contributed by atoms with Crippen molar-refractivity contribution in [1.29, 1.82) is 0 Å². The lowest BCUT2D eigenvalue weighted by Crippen LogP contribution is -2.33. The Balaban J connectivity index is 1.62. The van der Waals surface area contributed by atoms with Crippen molar-refractivity contribution in [2.75, 3.05) is 41.3 Å². The first kappa shape index (κ1) is 21.6. The summed E-state index contributed by atoms with van der Waals surface area (Å²) in [6.45, 7) is 1.52. The first-order valence-corrected chi connectivity index (χ1v) is 10.6. The van der Waals surface area contributed by atoms with Gasteiger partial charge >= 0.3 is 0 Å². The van der Waals surface area contributed by atoms with Crippen molar-refractivity contribution >= 4 is 16.9 Å². The number of para-hydroxylation sites is 1. The van der Waals surface area contributed by atoms with E-state index in [9.17, 15) is 4.79 Å². The lowest BCUT2D eigenvalue weighted by molar-refractivity contribution is 0.0786. The van der Waals surface area contributed by atoms with Gasteiger partial charge in [0.2, 0.25) is 0 Å². The van der Waals surface area contributed by atoms with Gasteiger partial charge in [0.1, 0.15) is 11.4 Å². The molecule has 2 aromatic carbocycles. The van der Waals surface area contributed by atoms with Gasteiger partial charge in [0, 0.05) is 60.2 Å². The minimum Gasteiger partial charge on any atom is -0.496 e. The number of carbonyl (C=O) groups is 1. The molecule has 0 radical (unpaired) electrons. The Morgan fingerprint density at radius 1 is 0.969 bits per heavy atom. The highest BCUT2D eigenvalue weighted by atomic mass is 16.5. The van der Waals surface area contributed by atoms with Gasteiger partial charge in [0.25, 0.3) is 5.91 Å². The van der Waals surface area contributed by atoms with Gasteiger partial charge in [-0.15, -0.1) is 0 Å². The Morgan fingerprint density at radius 3 is 2.44 bits per heavy atom. The third-order valence-corrected chi connectivity index (χ3v) is 5.62. The summed E-state index contributed by atoms with van der Waals surface area (Å²) in [7, 11) is 7.52. The fraction of sp³-hybridized carbons (Fsp3) is 0.231. The first-order chi connectivity index (χ1) is 15.5. The lowest BCUT2D eigenvalue weighted by Gasteiger charge is -2.19. The summed E-state index contributed by atoms with van der Waals surface area (Å²) < 4.78 is 5.55. The van der Waals surface area contributed by atoms with Crippen LogP contribution < -0.4 is 4.74 Å². The van der Waals surface area contributed by atoms with Crippen LogP contribution in [0.3, 0.4) is 0 Å². The number of methoxy groups -OCH3 is 1. The Morgan fingerprint density at radius 2 is 1.72 bits per heavy atom. The molecule has 6 heteroatoms. The van der Waals surface area contributed by atoms with E-state index in [0.717, 1.165) is 45.6 Å². The quantitative estimate of drug-likeness (QED) is 0.470. The van der Waals surface area contributed by atoms with Crippen molar-refractivity contribution in [1.82, 2.24) is 19.8 Å². The number of nitrogens with zero attached hydrogens (tertiary/aromatic N) is 3. The zero-order valence-corrected chi connectivity index (χ0v) is 18.9. The second kappa shape index (κ2) is 9.24. The van der Waals surface area contributed by atoms with Gasteiger partial charge in [-0.3, -0.25) is 4.79 Å². The van der Waals surface area contributed by atoms with Crippen LogP contribution in [0.5, 0.6) is 5.75 Å². The maximum atomic E-state index is 12.7. The molecule has 1 N–H and O–H groups in total. The van der Waals surface area contributed by atoms with Gasteiger partial charge in [-0.05, 0) is 43.9 Å². The van der Waals surface area contributed by atoms with Crippen molar-refractivity contribution in [3.8, 4) is 28.0 Å². The molecular weight excluding hydrogens is 400 g/mol. The van der Waals surface area contributed by atoms with E-state index in [0.29, 0.717) is 12.1 Å². The van der Waals surface area contributed by atoms with Gasteiger partial charge in [-0.1, -0.05) is 30.3 Å². The zero-order valence-electron chi connectivity index (χ0n) is 18.9. The number of carbonyl (C=O) groups excluding carboxylic acids is 1. The number of ether oxygens (including phenoxy) is 1. The molecule has 0 saturated heterocycles. The van der Waals surface area contributed by atoms with Crippen molar-refractivity contribution in [2.24, 2.45) is 0 Å². The number of aromatic nitrogens is 2. The molecule has 164 valence electrons. The first-order valence-electron chi connectivity index (χ1n) is 10.6. The van der Waals surface area contributed by atoms with Crippen LogP contribution in [0.25, 0.3) is 33.3 Å². The Bertz CT molecular complexity index is 1230. The van der Waals surface area contributed by atoms with E-state index in [1.54, 1.807) is 12.0 Å². The van der Waals surface area contributed by atoms with Crippen LogP contribution in [0.2, 0.25) is 0 Å². The second-order valence-electron chi connectivity index (χ2n) is 8.13. The number of nitrogens with one attached hydrogen (secondary N) is 1. The lowest BCUT2D eigenvalue weighted by atomic mass is 10.0. The second-order valence-corrected chi connectivity index (χ2v) is 8.13. The van der Waals surface area contributed by atoms with Gasteiger partial charge in [-0.2, -0.15) is 0 Å². The summed E-state index contributed by atoms with van der Waals surface area (Å²) in [5.41, 5.74) is 5.57. The van der Waals surface area contributed by atoms with E-state index in [1.165, 1.54) is 0 Å². The van der Waals surface area contributed by atoms with Crippen LogP contribution in [-0.4, -0.2) is 67.0 Å². The van der Waals surface area contributed by atoms with E-state index in [2.05, 4.69) is 20.9 Å². The predicted octanol–water partition coefficient (Wildman–Crippen LogP) is 4.54. The number of amides is 1. The van der Waals surface area contributed by atoms with E-state index >= 15 is 0 Å². The molecule has 0 atom stereocenters. The highest BCUT2D eigenvalue weighted by Crippen LogP contribution is 2.35. The minimum atomic E-state index is 0.0241. The van der Waals surface area contributed by atoms with Gasteiger partial charge in [-0.25, -0.2) is 4.98 Å². The molecule has 0 aliphatic carbocycles. The number of pyridine rings is 1. The van der Waals surface area contributed by atoms with Crippen LogP contribution in [0.15, 0.2) is 67.0 Å². The molecule has 4 rings (SSSR count). The molecule has 0 bridgehead atoms. The molecule has 0 spiro atoms. The fourth-order valence-electron chi connectivity index (χ4n) is 3.73. The van der Waals surface area contributed by atoms with Crippen molar-refractivity contribution in [3.63, 3.8) is 0 Å². The van der Waals surface area contributed by atoms with Crippen LogP contribution in [0.4, 0.5) is 0 Å². The third kappa shape index (κ3) is 4.36. The van der Waals surface area contributed by atoms with Crippen LogP contribution in [-0.2, 0) is 0 Å². The average molecular weight is 429 g/mol. The monoisotopic (exact) mass is 428 g/mol. The topological polar surface area (TPSA) is 61.5 Å². The molecular formula is C26H28N4O2. The predicted molar refractivity (Wildman–Crippen MR) is 129 cm³/mol. The summed E-state index contributed by atoms with van der Waals surface area (Å²) in [5, 5.41) is 1.02. The molecule has 1 amide bonds. The number of likely N-dealkylation sites (N-methyl/N-ethyl adjacent to an activating group) is 2. The maximum Gasteiger partial charge on any atom is 0.253 e. The summed E-state index contributed by atoms with van der Waals surface area (Å²) in [5.74, 6) is 0.844. The minimum absolute atomic E-state index is 0.0241. The summed E-state index contributed by atoms with van der Waals surface area (Å²) >= 11 is 0. The van der Waals surface area contributed by atoms with Crippen molar-refractivity contribution < 1.29 is 9.53 Å². The molecule has 0 aliphatic heterocycles. The molecule has 0 unspecified atom stereocenters. The molecule has 4 aromatic rings. The van der Waals surface area contributed by atoms with Crippen LogP contribution in [0, 0.1) is 0 Å². The Labute approximate surface area is 188 Å². The fourth-order valence-corrected chi connectivity index (χ4v) is 3.73. The Kier molecular flexibility index (Phi) is 6.23. The maximum absolute atomic E-state index is 12.7. The van der Waals surface area contributed by atoms with Crippen molar-refractivity contribution in [2.45, 2.75) is 0 Å². The van der Waals surface area contributed by atoms with Gasteiger partial charge in [0.15, 0.2) is 0 Å². The largest absolute Gasteiger partial charge is 0.496 e. The normalized spacial score (nSPS) is 11.2. The van der Waals surface area contributed by atoms with Crippen LogP contribution in [0.1, 0.15) is 10.4 Å². The molecule has 0 aliphatic rings. The zero-order chi connectivity index (χ0) is 22.7. The smallest absolute Gasteiger partial charge is 0.253 e. The number of hydrogen-bond acceptors (Lipinski definition) is 4. The van der Waals surface area contributed by atoms with Gasteiger partial charge < -0.3 is 19.5 Å². The van der Waals surface area contributed by atoms with E-state index in [-0.39, 0.29) is 5.91 Å². The average Bonchev–Trinajstić information content (AvgIpc) is 3.25. The van der Waals surface area contributed by atoms with Crippen LogP contribution >= 0.6 is 0 Å². The molecule has 0 fully saturated rings. The third-order valence-electron chi connectivity index (χ3n) is 5.62. The number of rotatable bonds is 7. The number of H-pyrrole nitrogens is 1. The molecule has 32 heavy (non-hydrogen) atoms. The molecule has 0 saturated carbocycles.